The third-order valence-corrected chi connectivity index (χ3v) is 12.6. The number of methoxy groups -OCH3 is 1. The third-order valence-electron chi connectivity index (χ3n) is 11.4. The normalized spacial score (nSPS) is 42.1. The fourth-order valence-corrected chi connectivity index (χ4v) is 10.1. The van der Waals surface area contributed by atoms with Crippen LogP contribution >= 0.6 is 0 Å². The van der Waals surface area contributed by atoms with Crippen molar-refractivity contribution in [1.82, 2.24) is 0 Å². The molecule has 0 saturated heterocycles. The van der Waals surface area contributed by atoms with E-state index in [0.29, 0.717) is 23.8 Å². The predicted molar refractivity (Wildman–Crippen MR) is 141 cm³/mol. The average molecular weight is 551 g/mol. The molecule has 0 bridgehead atoms. The molecule has 4 aliphatic carbocycles. The van der Waals surface area contributed by atoms with Gasteiger partial charge in [-0.15, -0.1) is 0 Å². The molecular weight excluding hydrogens is 508 g/mol. The molecule has 7 unspecified atom stereocenters. The van der Waals surface area contributed by atoms with Gasteiger partial charge in [-0.1, -0.05) is 24.1 Å². The van der Waals surface area contributed by atoms with Crippen molar-refractivity contribution >= 4 is 21.9 Å². The van der Waals surface area contributed by atoms with Crippen LogP contribution in [0.4, 0.5) is 0 Å². The minimum Gasteiger partial charge on any atom is -0.458 e. The number of allylic oxidation sites excluding steroid dienone is 2. The van der Waals surface area contributed by atoms with Crippen LogP contribution < -0.4 is 0 Å². The van der Waals surface area contributed by atoms with Crippen LogP contribution in [-0.4, -0.2) is 61.5 Å². The van der Waals surface area contributed by atoms with Crippen molar-refractivity contribution in [3.05, 3.63) is 22.8 Å². The van der Waals surface area contributed by atoms with Gasteiger partial charge in [0.25, 0.3) is 10.1 Å². The topological polar surface area (TPSA) is 127 Å². The predicted octanol–water partition coefficient (Wildman–Crippen LogP) is 3.89. The Balaban J connectivity index is 1.39. The Labute approximate surface area is 226 Å². The molecular formula is C29H42O8S. The molecule has 1 aliphatic heterocycles. The van der Waals surface area contributed by atoms with Crippen LogP contribution in [0.1, 0.15) is 72.1 Å². The second kappa shape index (κ2) is 9.82. The lowest BCUT2D eigenvalue weighted by atomic mass is 9.46. The second-order valence-electron chi connectivity index (χ2n) is 12.9. The van der Waals surface area contributed by atoms with Gasteiger partial charge < -0.3 is 14.6 Å². The highest BCUT2D eigenvalue weighted by Crippen LogP contribution is 2.67. The van der Waals surface area contributed by atoms with E-state index in [1.54, 1.807) is 7.11 Å². The molecule has 8 nitrogen and oxygen atoms in total. The van der Waals surface area contributed by atoms with E-state index in [1.165, 1.54) is 0 Å². The van der Waals surface area contributed by atoms with Gasteiger partial charge in [-0.25, -0.2) is 4.79 Å². The first kappa shape index (κ1) is 28.0. The Hall–Kier alpha value is -1.55. The monoisotopic (exact) mass is 550 g/mol. The Bertz CT molecular complexity index is 1170. The number of hydrogen-bond donors (Lipinski definition) is 2. The molecule has 3 fully saturated rings. The summed E-state index contributed by atoms with van der Waals surface area (Å²) in [5.74, 6) is 0.472. The van der Waals surface area contributed by atoms with E-state index in [1.807, 2.05) is 13.8 Å². The van der Waals surface area contributed by atoms with Crippen molar-refractivity contribution in [1.29, 1.82) is 0 Å². The lowest BCUT2D eigenvalue weighted by Gasteiger charge is -2.57. The van der Waals surface area contributed by atoms with Crippen molar-refractivity contribution in [2.24, 2.45) is 40.4 Å². The highest BCUT2D eigenvalue weighted by molar-refractivity contribution is 7.86. The van der Waals surface area contributed by atoms with Crippen molar-refractivity contribution < 1.29 is 37.1 Å². The lowest BCUT2D eigenvalue weighted by Crippen LogP contribution is -2.55. The van der Waals surface area contributed by atoms with Gasteiger partial charge in [-0.05, 0) is 81.5 Å². The van der Waals surface area contributed by atoms with Gasteiger partial charge in [0.2, 0.25) is 0 Å². The average Bonchev–Trinajstić information content (AvgIpc) is 3.19. The molecule has 0 aromatic rings. The first-order valence-corrected chi connectivity index (χ1v) is 15.5. The number of aliphatic hydroxyl groups is 1. The first-order valence-electron chi connectivity index (χ1n) is 14.0. The number of aliphatic hydroxyl groups excluding tert-OH is 1. The van der Waals surface area contributed by atoms with E-state index in [-0.39, 0.29) is 67.1 Å². The van der Waals surface area contributed by atoms with Gasteiger partial charge in [0, 0.05) is 32.5 Å². The molecule has 5 aliphatic rings. The maximum Gasteiger partial charge on any atom is 0.336 e. The summed E-state index contributed by atoms with van der Waals surface area (Å²) < 4.78 is 44.4. The fourth-order valence-electron chi connectivity index (χ4n) is 9.35. The maximum absolute atomic E-state index is 13.5. The van der Waals surface area contributed by atoms with Crippen molar-refractivity contribution in [3.8, 4) is 0 Å². The van der Waals surface area contributed by atoms with Crippen molar-refractivity contribution in [2.75, 3.05) is 20.3 Å². The smallest absolute Gasteiger partial charge is 0.336 e. The number of esters is 1. The zero-order valence-corrected chi connectivity index (χ0v) is 23.8. The largest absolute Gasteiger partial charge is 0.458 e. The van der Waals surface area contributed by atoms with E-state index in [4.69, 9.17) is 9.47 Å². The highest BCUT2D eigenvalue weighted by Gasteiger charge is 2.62. The van der Waals surface area contributed by atoms with E-state index in [9.17, 15) is 27.7 Å². The minimum absolute atomic E-state index is 0.0385. The van der Waals surface area contributed by atoms with Gasteiger partial charge in [-0.2, -0.15) is 8.42 Å². The number of Topliss-reactive ketones (excluding diaryl/α,β-unsaturated/α-hetero) is 1. The van der Waals surface area contributed by atoms with Crippen LogP contribution in [0, 0.1) is 40.4 Å². The summed E-state index contributed by atoms with van der Waals surface area (Å²) in [5.41, 5.74) is 1.70. The standard InChI is InChI=1S/C29H42O8S/c1-16-11-25(37-27(32)21(16)15-36-4)20(14-30)23-8-7-22-19-6-5-17-12-18(38(33,34)35)13-26(31)29(17,3)24(19)9-10-28(22,23)2/h5,18-20,22-25,30H,6-15H2,1-4H3,(H,33,34,35)/t18?,19?,20?,22?,23?,24?,25?,28-,29-/m0/s1. The van der Waals surface area contributed by atoms with Gasteiger partial charge in [0.05, 0.1) is 22.8 Å². The molecule has 9 heteroatoms. The number of hydrogen-bond acceptors (Lipinski definition) is 7. The molecule has 0 spiro atoms. The second-order valence-corrected chi connectivity index (χ2v) is 14.6. The maximum atomic E-state index is 13.5. The number of carbonyl (C=O) groups is 2. The summed E-state index contributed by atoms with van der Waals surface area (Å²) >= 11 is 0. The van der Waals surface area contributed by atoms with Crippen molar-refractivity contribution in [3.63, 3.8) is 0 Å². The lowest BCUT2D eigenvalue weighted by molar-refractivity contribution is -0.155. The SMILES string of the molecule is COCC1=C(C)CC(C(CO)C2CCC3C4CC=C5CC(S(=O)(=O)O)CC(=O)[C@]5(C)C4CC[C@]23C)OC1=O. The van der Waals surface area contributed by atoms with Gasteiger partial charge in [0.1, 0.15) is 11.9 Å². The van der Waals surface area contributed by atoms with Crippen LogP contribution in [0.25, 0.3) is 0 Å². The van der Waals surface area contributed by atoms with E-state index in [2.05, 4.69) is 13.0 Å². The molecule has 9 atom stereocenters. The van der Waals surface area contributed by atoms with E-state index < -0.39 is 20.8 Å². The van der Waals surface area contributed by atoms with Crippen LogP contribution in [0.2, 0.25) is 0 Å². The zero-order valence-electron chi connectivity index (χ0n) is 22.9. The molecule has 0 amide bonds. The summed E-state index contributed by atoms with van der Waals surface area (Å²) in [5, 5.41) is 9.54. The molecule has 0 radical (unpaired) electrons. The summed E-state index contributed by atoms with van der Waals surface area (Å²) in [6.45, 7) is 6.46. The molecule has 0 aromatic carbocycles. The Kier molecular flexibility index (Phi) is 7.24. The number of fused-ring (bicyclic) bond motifs is 5. The Morgan fingerprint density at radius 1 is 1.13 bits per heavy atom. The van der Waals surface area contributed by atoms with Crippen LogP contribution in [0.15, 0.2) is 22.8 Å². The summed E-state index contributed by atoms with van der Waals surface area (Å²) in [7, 11) is -2.71. The number of rotatable bonds is 6. The summed E-state index contributed by atoms with van der Waals surface area (Å²) in [6, 6.07) is 0. The number of carbonyl (C=O) groups excluding carboxylic acids is 2. The molecule has 2 N–H and O–H groups in total. The molecule has 212 valence electrons. The van der Waals surface area contributed by atoms with E-state index >= 15 is 0 Å². The van der Waals surface area contributed by atoms with E-state index in [0.717, 1.165) is 43.3 Å². The minimum atomic E-state index is -4.27. The Morgan fingerprint density at radius 2 is 1.87 bits per heavy atom. The van der Waals surface area contributed by atoms with Crippen LogP contribution in [0.3, 0.4) is 0 Å². The fraction of sp³-hybridized carbons (Fsp3) is 0.793. The van der Waals surface area contributed by atoms with Gasteiger partial charge >= 0.3 is 5.97 Å². The number of ether oxygens (including phenoxy) is 2. The zero-order chi connectivity index (χ0) is 27.6. The van der Waals surface area contributed by atoms with Gasteiger partial charge in [0.15, 0.2) is 0 Å². The first-order chi connectivity index (χ1) is 17.9. The number of cyclic esters (lactones) is 1. The summed E-state index contributed by atoms with van der Waals surface area (Å²) in [4.78, 5) is 26.2. The molecule has 3 saturated carbocycles. The molecule has 0 aromatic heterocycles. The van der Waals surface area contributed by atoms with Crippen molar-refractivity contribution in [2.45, 2.75) is 83.5 Å². The number of ketones is 1. The van der Waals surface area contributed by atoms with Gasteiger partial charge in [-0.3, -0.25) is 9.35 Å². The Morgan fingerprint density at radius 3 is 2.50 bits per heavy atom. The summed E-state index contributed by atoms with van der Waals surface area (Å²) in [6.07, 6.45) is 6.97. The quantitative estimate of drug-likeness (QED) is 0.290. The van der Waals surface area contributed by atoms with Crippen LogP contribution in [-0.2, 0) is 29.2 Å². The molecule has 1 heterocycles. The third kappa shape index (κ3) is 4.23. The molecule has 38 heavy (non-hydrogen) atoms. The molecule has 5 rings (SSSR count). The van der Waals surface area contributed by atoms with Crippen LogP contribution in [0.5, 0.6) is 0 Å². The highest BCUT2D eigenvalue weighted by atomic mass is 32.2.